The number of carbonyl (C=O) groups excluding carboxylic acids is 2. The zero-order chi connectivity index (χ0) is 22.2. The molecule has 1 atom stereocenters. The van der Waals surface area contributed by atoms with Crippen LogP contribution in [0.2, 0.25) is 0 Å². The second kappa shape index (κ2) is 8.03. The number of hydrogen-bond acceptors (Lipinski definition) is 5. The Morgan fingerprint density at radius 3 is 2.81 bits per heavy atom. The highest BCUT2D eigenvalue weighted by molar-refractivity contribution is 5.97. The van der Waals surface area contributed by atoms with Crippen LogP contribution in [0.15, 0.2) is 47.6 Å². The average Bonchev–Trinajstić information content (AvgIpc) is 3.18. The molecule has 2 amide bonds. The Bertz CT molecular complexity index is 1230. The molecule has 1 aromatic heterocycles. The molecule has 8 heteroatoms. The van der Waals surface area contributed by atoms with Crippen molar-refractivity contribution in [3.8, 4) is 11.5 Å². The van der Waals surface area contributed by atoms with E-state index in [0.717, 1.165) is 27.7 Å². The normalized spacial score (nSPS) is 18.2. The highest BCUT2D eigenvalue weighted by Gasteiger charge is 2.43. The van der Waals surface area contributed by atoms with E-state index in [1.165, 1.54) is 5.01 Å². The van der Waals surface area contributed by atoms with E-state index < -0.39 is 6.04 Å². The smallest absolute Gasteiger partial charge is 0.266 e. The number of aromatic nitrogens is 1. The van der Waals surface area contributed by atoms with Gasteiger partial charge in [0.2, 0.25) is 5.91 Å². The Kier molecular flexibility index (Phi) is 5.05. The standard InChI is InChI=1S/C24H24N4O4/c1-3-32-21-9-8-15(10-22(21)31-2)12-25-28-14-23(29)27-13-19-17(11-20(27)24(28)30)16-6-4-5-7-18(16)26-19/h4-10,12,20,26H,3,11,13-14H2,1-2H3/b25-12+/t20-/m0/s1. The fourth-order valence-corrected chi connectivity index (χ4v) is 4.43. The summed E-state index contributed by atoms with van der Waals surface area (Å²) in [5.41, 5.74) is 3.87. The van der Waals surface area contributed by atoms with Gasteiger partial charge in [0.1, 0.15) is 12.6 Å². The Hall–Kier alpha value is -3.81. The van der Waals surface area contributed by atoms with Gasteiger partial charge in [0.25, 0.3) is 5.91 Å². The van der Waals surface area contributed by atoms with E-state index in [9.17, 15) is 9.59 Å². The largest absolute Gasteiger partial charge is 0.493 e. The fourth-order valence-electron chi connectivity index (χ4n) is 4.43. The number of H-pyrrole nitrogens is 1. The van der Waals surface area contributed by atoms with Crippen molar-refractivity contribution in [1.82, 2.24) is 14.9 Å². The molecular weight excluding hydrogens is 408 g/mol. The molecule has 8 nitrogen and oxygen atoms in total. The number of aromatic amines is 1. The lowest BCUT2D eigenvalue weighted by atomic mass is 9.94. The first-order valence-corrected chi connectivity index (χ1v) is 10.6. The van der Waals surface area contributed by atoms with Crippen LogP contribution in [0.25, 0.3) is 10.9 Å². The molecule has 0 bridgehead atoms. The van der Waals surface area contributed by atoms with Crippen LogP contribution in [0.4, 0.5) is 0 Å². The summed E-state index contributed by atoms with van der Waals surface area (Å²) in [6.07, 6.45) is 2.05. The number of piperazine rings is 1. The maximum atomic E-state index is 13.2. The lowest BCUT2D eigenvalue weighted by molar-refractivity contribution is -0.157. The van der Waals surface area contributed by atoms with Gasteiger partial charge in [-0.15, -0.1) is 0 Å². The van der Waals surface area contributed by atoms with E-state index in [1.54, 1.807) is 30.4 Å². The van der Waals surface area contributed by atoms with Crippen molar-refractivity contribution in [2.75, 3.05) is 20.3 Å². The first-order chi connectivity index (χ1) is 15.6. The Morgan fingerprint density at radius 1 is 1.16 bits per heavy atom. The molecule has 0 saturated carbocycles. The SMILES string of the molecule is CCOc1ccc(/C=N/N2CC(=O)N3Cc4[nH]c5ccccc5c4C[C@H]3C2=O)cc1OC. The molecule has 3 aromatic rings. The third kappa shape index (κ3) is 3.37. The number of nitrogens with zero attached hydrogens (tertiary/aromatic N) is 3. The van der Waals surface area contributed by atoms with E-state index in [2.05, 4.69) is 10.1 Å². The molecule has 164 valence electrons. The highest BCUT2D eigenvalue weighted by atomic mass is 16.5. The number of hydrazone groups is 1. The minimum atomic E-state index is -0.546. The first kappa shape index (κ1) is 20.1. The number of amides is 2. The number of benzene rings is 2. The van der Waals surface area contributed by atoms with Crippen LogP contribution in [0, 0.1) is 0 Å². The van der Waals surface area contributed by atoms with Crippen LogP contribution in [0.1, 0.15) is 23.7 Å². The van der Waals surface area contributed by atoms with Crippen molar-refractivity contribution in [2.24, 2.45) is 5.10 Å². The van der Waals surface area contributed by atoms with E-state index in [1.807, 2.05) is 37.3 Å². The van der Waals surface area contributed by atoms with Crippen LogP contribution in [-0.4, -0.2) is 59.2 Å². The minimum Gasteiger partial charge on any atom is -0.493 e. The number of carbonyl (C=O) groups is 2. The summed E-state index contributed by atoms with van der Waals surface area (Å²) in [6, 6.07) is 12.9. The van der Waals surface area contributed by atoms with Gasteiger partial charge in [-0.05, 0) is 42.3 Å². The summed E-state index contributed by atoms with van der Waals surface area (Å²) >= 11 is 0. The lowest BCUT2D eigenvalue weighted by Gasteiger charge is -2.40. The van der Waals surface area contributed by atoms with Gasteiger partial charge in [-0.2, -0.15) is 5.10 Å². The molecule has 0 spiro atoms. The fraction of sp³-hybridized carbons (Fsp3) is 0.292. The zero-order valence-electron chi connectivity index (χ0n) is 18.0. The van der Waals surface area contributed by atoms with E-state index in [4.69, 9.17) is 9.47 Å². The minimum absolute atomic E-state index is 0.0738. The van der Waals surface area contributed by atoms with Crippen molar-refractivity contribution in [1.29, 1.82) is 0 Å². The van der Waals surface area contributed by atoms with Crippen molar-refractivity contribution in [3.63, 3.8) is 0 Å². The Morgan fingerprint density at radius 2 is 2.00 bits per heavy atom. The van der Waals surface area contributed by atoms with Crippen LogP contribution in [-0.2, 0) is 22.6 Å². The van der Waals surface area contributed by atoms with Gasteiger partial charge in [0, 0.05) is 23.0 Å². The molecule has 0 aliphatic carbocycles. The van der Waals surface area contributed by atoms with Crippen molar-refractivity contribution in [3.05, 3.63) is 59.3 Å². The second-order valence-electron chi connectivity index (χ2n) is 7.85. The number of nitrogens with one attached hydrogen (secondary N) is 1. The molecule has 2 aliphatic heterocycles. The van der Waals surface area contributed by atoms with Crippen LogP contribution < -0.4 is 9.47 Å². The zero-order valence-corrected chi connectivity index (χ0v) is 18.0. The number of para-hydroxylation sites is 1. The lowest BCUT2D eigenvalue weighted by Crippen LogP contribution is -2.60. The van der Waals surface area contributed by atoms with E-state index in [-0.39, 0.29) is 18.4 Å². The van der Waals surface area contributed by atoms with Gasteiger partial charge in [-0.1, -0.05) is 18.2 Å². The summed E-state index contributed by atoms with van der Waals surface area (Å²) < 4.78 is 10.9. The van der Waals surface area contributed by atoms with Crippen molar-refractivity contribution >= 4 is 28.9 Å². The molecular formula is C24H24N4O4. The topological polar surface area (TPSA) is 87.2 Å². The van der Waals surface area contributed by atoms with Crippen LogP contribution in [0.3, 0.4) is 0 Å². The molecule has 5 rings (SSSR count). The third-order valence-electron chi connectivity index (χ3n) is 5.98. The predicted molar refractivity (Wildman–Crippen MR) is 120 cm³/mol. The summed E-state index contributed by atoms with van der Waals surface area (Å²) in [4.78, 5) is 31.1. The molecule has 2 aliphatic rings. The van der Waals surface area contributed by atoms with Crippen LogP contribution in [0.5, 0.6) is 11.5 Å². The van der Waals surface area contributed by atoms with Crippen molar-refractivity contribution in [2.45, 2.75) is 25.9 Å². The first-order valence-electron chi connectivity index (χ1n) is 10.6. The molecule has 1 N–H and O–H groups in total. The molecule has 2 aromatic carbocycles. The van der Waals surface area contributed by atoms with Gasteiger partial charge >= 0.3 is 0 Å². The molecule has 32 heavy (non-hydrogen) atoms. The Balaban J connectivity index is 1.39. The second-order valence-corrected chi connectivity index (χ2v) is 7.85. The molecule has 3 heterocycles. The molecule has 0 radical (unpaired) electrons. The van der Waals surface area contributed by atoms with Gasteiger partial charge in [0.05, 0.1) is 26.5 Å². The summed E-state index contributed by atoms with van der Waals surface area (Å²) in [5, 5.41) is 6.71. The van der Waals surface area contributed by atoms with Gasteiger partial charge < -0.3 is 19.4 Å². The Labute approximate surface area is 185 Å². The maximum absolute atomic E-state index is 13.2. The molecule has 1 saturated heterocycles. The highest BCUT2D eigenvalue weighted by Crippen LogP contribution is 2.32. The number of fused-ring (bicyclic) bond motifs is 4. The quantitative estimate of drug-likeness (QED) is 0.628. The maximum Gasteiger partial charge on any atom is 0.266 e. The van der Waals surface area contributed by atoms with E-state index in [0.29, 0.717) is 31.1 Å². The number of ether oxygens (including phenoxy) is 2. The average molecular weight is 432 g/mol. The van der Waals surface area contributed by atoms with Crippen molar-refractivity contribution < 1.29 is 19.1 Å². The van der Waals surface area contributed by atoms with Gasteiger partial charge in [0.15, 0.2) is 11.5 Å². The molecule has 0 unspecified atom stereocenters. The third-order valence-corrected chi connectivity index (χ3v) is 5.98. The summed E-state index contributed by atoms with van der Waals surface area (Å²) in [6.45, 7) is 2.77. The predicted octanol–water partition coefficient (Wildman–Crippen LogP) is 2.70. The summed E-state index contributed by atoms with van der Waals surface area (Å²) in [7, 11) is 1.57. The van der Waals surface area contributed by atoms with Gasteiger partial charge in [-0.25, -0.2) is 5.01 Å². The number of hydrogen-bond donors (Lipinski definition) is 1. The van der Waals surface area contributed by atoms with Gasteiger partial charge in [-0.3, -0.25) is 9.59 Å². The van der Waals surface area contributed by atoms with Crippen LogP contribution >= 0.6 is 0 Å². The number of methoxy groups -OCH3 is 1. The van der Waals surface area contributed by atoms with E-state index >= 15 is 0 Å². The summed E-state index contributed by atoms with van der Waals surface area (Å²) in [5.74, 6) is 0.945. The monoisotopic (exact) mass is 432 g/mol. The molecule has 1 fully saturated rings. The number of rotatable bonds is 5.